The lowest BCUT2D eigenvalue weighted by molar-refractivity contribution is -0.128. The van der Waals surface area contributed by atoms with Gasteiger partial charge in [0.1, 0.15) is 0 Å². The van der Waals surface area contributed by atoms with E-state index in [9.17, 15) is 4.79 Å². The molecule has 1 fully saturated rings. The monoisotopic (exact) mass is 219 g/mol. The summed E-state index contributed by atoms with van der Waals surface area (Å²) in [5, 5.41) is 2.91. The van der Waals surface area contributed by atoms with Crippen LogP contribution < -0.4 is 5.32 Å². The molecule has 4 heteroatoms. The van der Waals surface area contributed by atoms with E-state index in [0.29, 0.717) is 12.5 Å². The molecule has 0 saturated carbocycles. The Morgan fingerprint density at radius 2 is 2.36 bits per heavy atom. The third kappa shape index (κ3) is 4.29. The molecule has 1 aliphatic heterocycles. The van der Waals surface area contributed by atoms with Crippen molar-refractivity contribution in [1.82, 2.24) is 5.32 Å². The summed E-state index contributed by atoms with van der Waals surface area (Å²) >= 11 is 5.53. The standard InChI is InChI=1S/C10H18ClNO2/c11-5-1-2-6-12-10(13)9-4-3-7-14-8-9/h9H,1-8H2,(H,12,13). The zero-order chi connectivity index (χ0) is 10.2. The van der Waals surface area contributed by atoms with Gasteiger partial charge in [-0.1, -0.05) is 0 Å². The fourth-order valence-corrected chi connectivity index (χ4v) is 1.71. The number of amides is 1. The largest absolute Gasteiger partial charge is 0.381 e. The van der Waals surface area contributed by atoms with Crippen LogP contribution in [0.5, 0.6) is 0 Å². The molecule has 0 aromatic heterocycles. The summed E-state index contributed by atoms with van der Waals surface area (Å²) in [6, 6.07) is 0. The fraction of sp³-hybridized carbons (Fsp3) is 0.900. The van der Waals surface area contributed by atoms with Crippen LogP contribution >= 0.6 is 11.6 Å². The Labute approximate surface area is 90.1 Å². The summed E-state index contributed by atoms with van der Waals surface area (Å²) < 4.78 is 5.25. The molecule has 0 aromatic carbocycles. The topological polar surface area (TPSA) is 38.3 Å². The molecule has 1 aliphatic rings. The first kappa shape index (κ1) is 11.8. The molecule has 1 saturated heterocycles. The minimum absolute atomic E-state index is 0.0692. The van der Waals surface area contributed by atoms with Gasteiger partial charge in [0, 0.05) is 19.0 Å². The quantitative estimate of drug-likeness (QED) is 0.563. The average molecular weight is 220 g/mol. The van der Waals surface area contributed by atoms with Gasteiger partial charge in [-0.15, -0.1) is 11.6 Å². The molecule has 14 heavy (non-hydrogen) atoms. The SMILES string of the molecule is O=C(NCCCCCl)C1CCCOC1. The number of hydrogen-bond acceptors (Lipinski definition) is 2. The van der Waals surface area contributed by atoms with E-state index >= 15 is 0 Å². The summed E-state index contributed by atoms with van der Waals surface area (Å²) in [7, 11) is 0. The minimum atomic E-state index is 0.0692. The number of rotatable bonds is 5. The molecular weight excluding hydrogens is 202 g/mol. The van der Waals surface area contributed by atoms with Crippen molar-refractivity contribution in [3.63, 3.8) is 0 Å². The highest BCUT2D eigenvalue weighted by Crippen LogP contribution is 2.13. The van der Waals surface area contributed by atoms with Gasteiger partial charge in [-0.25, -0.2) is 0 Å². The lowest BCUT2D eigenvalue weighted by Gasteiger charge is -2.21. The summed E-state index contributed by atoms with van der Waals surface area (Å²) in [5.41, 5.74) is 0. The molecule has 0 radical (unpaired) electrons. The third-order valence-electron chi connectivity index (χ3n) is 2.39. The first-order valence-corrected chi connectivity index (χ1v) is 5.79. The highest BCUT2D eigenvalue weighted by Gasteiger charge is 2.20. The van der Waals surface area contributed by atoms with E-state index in [-0.39, 0.29) is 11.8 Å². The first-order valence-electron chi connectivity index (χ1n) is 5.26. The highest BCUT2D eigenvalue weighted by atomic mass is 35.5. The number of ether oxygens (including phenoxy) is 1. The van der Waals surface area contributed by atoms with Crippen LogP contribution in [-0.2, 0) is 9.53 Å². The van der Waals surface area contributed by atoms with Gasteiger partial charge >= 0.3 is 0 Å². The molecule has 1 N–H and O–H groups in total. The summed E-state index contributed by atoms with van der Waals surface area (Å²) in [5.74, 6) is 0.876. The maximum Gasteiger partial charge on any atom is 0.225 e. The van der Waals surface area contributed by atoms with Gasteiger partial charge < -0.3 is 10.1 Å². The van der Waals surface area contributed by atoms with Crippen molar-refractivity contribution in [2.24, 2.45) is 5.92 Å². The first-order chi connectivity index (χ1) is 6.84. The Balaban J connectivity index is 2.07. The van der Waals surface area contributed by atoms with E-state index < -0.39 is 0 Å². The molecule has 1 heterocycles. The van der Waals surface area contributed by atoms with Gasteiger partial charge in [0.05, 0.1) is 12.5 Å². The summed E-state index contributed by atoms with van der Waals surface area (Å²) in [4.78, 5) is 11.5. The number of alkyl halides is 1. The van der Waals surface area contributed by atoms with Crippen LogP contribution in [0.1, 0.15) is 25.7 Å². The molecule has 1 amide bonds. The Hall–Kier alpha value is -0.280. The van der Waals surface area contributed by atoms with E-state index in [1.165, 1.54) is 0 Å². The molecule has 0 aromatic rings. The molecular formula is C10H18ClNO2. The van der Waals surface area contributed by atoms with Gasteiger partial charge in [-0.05, 0) is 25.7 Å². The normalized spacial score (nSPS) is 21.9. The third-order valence-corrected chi connectivity index (χ3v) is 2.66. The number of carbonyl (C=O) groups is 1. The molecule has 1 unspecified atom stereocenters. The number of halogens is 1. The van der Waals surface area contributed by atoms with Crippen LogP contribution in [0.4, 0.5) is 0 Å². The fourth-order valence-electron chi connectivity index (χ4n) is 1.52. The predicted octanol–water partition coefficient (Wildman–Crippen LogP) is 1.55. The van der Waals surface area contributed by atoms with Gasteiger partial charge in [-0.3, -0.25) is 4.79 Å². The number of hydrogen-bond donors (Lipinski definition) is 1. The number of nitrogens with one attached hydrogen (secondary N) is 1. The Morgan fingerprint density at radius 1 is 1.50 bits per heavy atom. The van der Waals surface area contributed by atoms with E-state index in [1.807, 2.05) is 0 Å². The highest BCUT2D eigenvalue weighted by molar-refractivity contribution is 6.17. The summed E-state index contributed by atoms with van der Waals surface area (Å²) in [6.45, 7) is 2.12. The Bertz CT molecular complexity index is 170. The van der Waals surface area contributed by atoms with Gasteiger partial charge in [0.2, 0.25) is 5.91 Å². The second-order valence-electron chi connectivity index (χ2n) is 3.60. The minimum Gasteiger partial charge on any atom is -0.381 e. The maximum atomic E-state index is 11.5. The van der Waals surface area contributed by atoms with Gasteiger partial charge in [0.25, 0.3) is 0 Å². The van der Waals surface area contributed by atoms with Crippen LogP contribution in [0.25, 0.3) is 0 Å². The molecule has 0 spiro atoms. The zero-order valence-electron chi connectivity index (χ0n) is 8.43. The molecule has 82 valence electrons. The van der Waals surface area contributed by atoms with Crippen molar-refractivity contribution in [2.45, 2.75) is 25.7 Å². The molecule has 3 nitrogen and oxygen atoms in total. The Kier molecular flexibility index (Phi) is 5.96. The number of carbonyl (C=O) groups excluding carboxylic acids is 1. The maximum absolute atomic E-state index is 11.5. The van der Waals surface area contributed by atoms with Crippen LogP contribution in [0.3, 0.4) is 0 Å². The van der Waals surface area contributed by atoms with Crippen LogP contribution in [0, 0.1) is 5.92 Å². The van der Waals surface area contributed by atoms with Crippen molar-refractivity contribution in [2.75, 3.05) is 25.6 Å². The molecule has 0 bridgehead atoms. The van der Waals surface area contributed by atoms with Crippen molar-refractivity contribution in [3.8, 4) is 0 Å². The van der Waals surface area contributed by atoms with E-state index in [2.05, 4.69) is 5.32 Å². The molecule has 0 aliphatic carbocycles. The lowest BCUT2D eigenvalue weighted by Crippen LogP contribution is -2.36. The van der Waals surface area contributed by atoms with Crippen molar-refractivity contribution in [3.05, 3.63) is 0 Å². The van der Waals surface area contributed by atoms with Crippen LogP contribution in [0.2, 0.25) is 0 Å². The second-order valence-corrected chi connectivity index (χ2v) is 3.98. The second kappa shape index (κ2) is 7.07. The van der Waals surface area contributed by atoms with E-state index in [4.69, 9.17) is 16.3 Å². The van der Waals surface area contributed by atoms with Crippen molar-refractivity contribution in [1.29, 1.82) is 0 Å². The summed E-state index contributed by atoms with van der Waals surface area (Å²) in [6.07, 6.45) is 3.88. The predicted molar refractivity (Wildman–Crippen MR) is 56.5 cm³/mol. The zero-order valence-corrected chi connectivity index (χ0v) is 9.18. The molecule has 1 rings (SSSR count). The van der Waals surface area contributed by atoms with E-state index in [0.717, 1.165) is 38.8 Å². The van der Waals surface area contributed by atoms with Crippen molar-refractivity contribution >= 4 is 17.5 Å². The average Bonchev–Trinajstić information content (AvgIpc) is 2.25. The molecule has 1 atom stereocenters. The Morgan fingerprint density at radius 3 is 3.00 bits per heavy atom. The van der Waals surface area contributed by atoms with Crippen LogP contribution in [0.15, 0.2) is 0 Å². The lowest BCUT2D eigenvalue weighted by atomic mass is 10.0. The van der Waals surface area contributed by atoms with E-state index in [1.54, 1.807) is 0 Å². The van der Waals surface area contributed by atoms with Gasteiger partial charge in [0.15, 0.2) is 0 Å². The van der Waals surface area contributed by atoms with Crippen LogP contribution in [-0.4, -0.2) is 31.5 Å². The smallest absolute Gasteiger partial charge is 0.225 e. The van der Waals surface area contributed by atoms with Crippen molar-refractivity contribution < 1.29 is 9.53 Å². The number of unbranched alkanes of at least 4 members (excludes halogenated alkanes) is 1. The van der Waals surface area contributed by atoms with Gasteiger partial charge in [-0.2, -0.15) is 0 Å².